The first-order valence-corrected chi connectivity index (χ1v) is 12.6. The molecule has 1 aliphatic heterocycles. The predicted octanol–water partition coefficient (Wildman–Crippen LogP) is 5.34. The standard InChI is InChI=1S/C26H28ClN3O3S/c1-18-7-8-19(16-23(18)27)15-22-17-28-26(34-22)29-25(32)20-9-12-30(13-10-20)24(31)11-14-33-21-5-3-2-4-6-21/h2-8,16-17,20H,9-15H2,1H3,(H,28,29,32). The Hall–Kier alpha value is -2.90. The molecule has 0 spiro atoms. The Morgan fingerprint density at radius 2 is 1.94 bits per heavy atom. The Morgan fingerprint density at radius 3 is 2.68 bits per heavy atom. The smallest absolute Gasteiger partial charge is 0.229 e. The molecule has 4 rings (SSSR count). The van der Waals surface area contributed by atoms with E-state index in [2.05, 4.69) is 16.4 Å². The highest BCUT2D eigenvalue weighted by Crippen LogP contribution is 2.26. The fourth-order valence-electron chi connectivity index (χ4n) is 3.92. The Bertz CT molecular complexity index is 1130. The summed E-state index contributed by atoms with van der Waals surface area (Å²) < 4.78 is 5.62. The van der Waals surface area contributed by atoms with E-state index in [0.717, 1.165) is 33.2 Å². The minimum Gasteiger partial charge on any atom is -0.493 e. The van der Waals surface area contributed by atoms with Crippen molar-refractivity contribution in [1.29, 1.82) is 0 Å². The van der Waals surface area contributed by atoms with Gasteiger partial charge < -0.3 is 15.0 Å². The van der Waals surface area contributed by atoms with Crippen molar-refractivity contribution < 1.29 is 14.3 Å². The second-order valence-corrected chi connectivity index (χ2v) is 9.97. The molecule has 0 atom stereocenters. The van der Waals surface area contributed by atoms with E-state index in [4.69, 9.17) is 16.3 Å². The first-order valence-electron chi connectivity index (χ1n) is 11.4. The minimum atomic E-state index is -0.118. The molecule has 0 bridgehead atoms. The molecule has 0 saturated carbocycles. The van der Waals surface area contributed by atoms with Crippen molar-refractivity contribution in [3.05, 3.63) is 75.8 Å². The molecule has 1 aromatic heterocycles. The number of thiazole rings is 1. The highest BCUT2D eigenvalue weighted by atomic mass is 35.5. The number of hydrogen-bond acceptors (Lipinski definition) is 5. The van der Waals surface area contributed by atoms with Crippen LogP contribution in [-0.4, -0.2) is 41.4 Å². The molecule has 1 fully saturated rings. The quantitative estimate of drug-likeness (QED) is 0.456. The van der Waals surface area contributed by atoms with Crippen LogP contribution in [0, 0.1) is 12.8 Å². The number of nitrogens with zero attached hydrogens (tertiary/aromatic N) is 2. The van der Waals surface area contributed by atoms with Crippen molar-refractivity contribution in [3.8, 4) is 5.75 Å². The number of halogens is 1. The number of carbonyl (C=O) groups excluding carboxylic acids is 2. The first kappa shape index (κ1) is 24.2. The molecule has 2 heterocycles. The Morgan fingerprint density at radius 1 is 1.18 bits per heavy atom. The summed E-state index contributed by atoms with van der Waals surface area (Å²) >= 11 is 7.70. The van der Waals surface area contributed by atoms with E-state index in [-0.39, 0.29) is 17.7 Å². The van der Waals surface area contributed by atoms with Crippen LogP contribution in [-0.2, 0) is 16.0 Å². The van der Waals surface area contributed by atoms with E-state index in [1.54, 1.807) is 6.20 Å². The van der Waals surface area contributed by atoms with E-state index in [1.165, 1.54) is 11.3 Å². The van der Waals surface area contributed by atoms with Crippen LogP contribution in [0.3, 0.4) is 0 Å². The maximum Gasteiger partial charge on any atom is 0.229 e. The lowest BCUT2D eigenvalue weighted by atomic mass is 9.96. The van der Waals surface area contributed by atoms with Crippen LogP contribution in [0.25, 0.3) is 0 Å². The highest BCUT2D eigenvalue weighted by Gasteiger charge is 2.27. The lowest BCUT2D eigenvalue weighted by molar-refractivity contribution is -0.135. The summed E-state index contributed by atoms with van der Waals surface area (Å²) in [5.41, 5.74) is 2.17. The van der Waals surface area contributed by atoms with Crippen LogP contribution < -0.4 is 10.1 Å². The van der Waals surface area contributed by atoms with Crippen molar-refractivity contribution >= 4 is 39.9 Å². The van der Waals surface area contributed by atoms with E-state index < -0.39 is 0 Å². The molecule has 0 radical (unpaired) electrons. The molecule has 1 saturated heterocycles. The highest BCUT2D eigenvalue weighted by molar-refractivity contribution is 7.15. The van der Waals surface area contributed by atoms with Gasteiger partial charge in [-0.05, 0) is 49.1 Å². The second-order valence-electron chi connectivity index (χ2n) is 8.45. The SMILES string of the molecule is Cc1ccc(Cc2cnc(NC(=O)C3CCN(C(=O)CCOc4ccccc4)CC3)s2)cc1Cl. The third kappa shape index (κ3) is 6.58. The lowest BCUT2D eigenvalue weighted by Gasteiger charge is -2.31. The third-order valence-electron chi connectivity index (χ3n) is 5.94. The van der Waals surface area contributed by atoms with Crippen molar-refractivity contribution in [2.45, 2.75) is 32.6 Å². The van der Waals surface area contributed by atoms with Crippen LogP contribution in [0.15, 0.2) is 54.7 Å². The summed E-state index contributed by atoms with van der Waals surface area (Å²) in [6.07, 6.45) is 4.16. The van der Waals surface area contributed by atoms with Gasteiger partial charge in [-0.15, -0.1) is 11.3 Å². The summed E-state index contributed by atoms with van der Waals surface area (Å²) in [6, 6.07) is 15.5. The van der Waals surface area contributed by atoms with Gasteiger partial charge in [0, 0.05) is 41.5 Å². The number of benzene rings is 2. The molecule has 1 N–H and O–H groups in total. The molecule has 8 heteroatoms. The molecular weight excluding hydrogens is 470 g/mol. The van der Waals surface area contributed by atoms with Crippen LogP contribution in [0.4, 0.5) is 5.13 Å². The fraction of sp³-hybridized carbons (Fsp3) is 0.346. The largest absolute Gasteiger partial charge is 0.493 e. The number of hydrogen-bond donors (Lipinski definition) is 1. The molecular formula is C26H28ClN3O3S. The summed E-state index contributed by atoms with van der Waals surface area (Å²) in [5, 5.41) is 4.31. The Balaban J connectivity index is 1.20. The number of piperidine rings is 1. The minimum absolute atomic E-state index is 0.0289. The van der Waals surface area contributed by atoms with Crippen molar-refractivity contribution in [3.63, 3.8) is 0 Å². The predicted molar refractivity (Wildman–Crippen MR) is 136 cm³/mol. The molecule has 3 aromatic rings. The zero-order valence-corrected chi connectivity index (χ0v) is 20.7. The van der Waals surface area contributed by atoms with Gasteiger partial charge in [0.25, 0.3) is 0 Å². The van der Waals surface area contributed by atoms with E-state index in [0.29, 0.717) is 44.1 Å². The third-order valence-corrected chi connectivity index (χ3v) is 7.26. The number of carbonyl (C=O) groups is 2. The molecule has 2 aromatic carbocycles. The number of para-hydroxylation sites is 1. The number of nitrogens with one attached hydrogen (secondary N) is 1. The average Bonchev–Trinajstić information content (AvgIpc) is 3.28. The van der Waals surface area contributed by atoms with Crippen LogP contribution in [0.1, 0.15) is 35.3 Å². The van der Waals surface area contributed by atoms with Crippen LogP contribution in [0.2, 0.25) is 5.02 Å². The number of likely N-dealkylation sites (tertiary alicyclic amines) is 1. The lowest BCUT2D eigenvalue weighted by Crippen LogP contribution is -2.41. The van der Waals surface area contributed by atoms with Gasteiger partial charge in [0.15, 0.2) is 5.13 Å². The molecule has 178 valence electrons. The molecule has 0 aliphatic carbocycles. The normalized spacial score (nSPS) is 14.1. The summed E-state index contributed by atoms with van der Waals surface area (Å²) in [6.45, 7) is 3.50. The van der Waals surface area contributed by atoms with Crippen LogP contribution in [0.5, 0.6) is 5.75 Å². The van der Waals surface area contributed by atoms with Gasteiger partial charge in [-0.25, -0.2) is 4.98 Å². The van der Waals surface area contributed by atoms with E-state index in [1.807, 2.05) is 54.3 Å². The number of anilines is 1. The number of aryl methyl sites for hydroxylation is 1. The second kappa shape index (κ2) is 11.5. The molecule has 1 aliphatic rings. The van der Waals surface area contributed by atoms with Crippen LogP contribution >= 0.6 is 22.9 Å². The number of amides is 2. The first-order chi connectivity index (χ1) is 16.5. The monoisotopic (exact) mass is 497 g/mol. The van der Waals surface area contributed by atoms with E-state index in [9.17, 15) is 9.59 Å². The maximum absolute atomic E-state index is 12.7. The number of ether oxygens (including phenoxy) is 1. The van der Waals surface area contributed by atoms with Gasteiger partial charge >= 0.3 is 0 Å². The zero-order valence-electron chi connectivity index (χ0n) is 19.1. The molecule has 0 unspecified atom stereocenters. The molecule has 34 heavy (non-hydrogen) atoms. The van der Waals surface area contributed by atoms with Gasteiger partial charge in [0.2, 0.25) is 11.8 Å². The number of aromatic nitrogens is 1. The molecule has 6 nitrogen and oxygen atoms in total. The van der Waals surface area contributed by atoms with Gasteiger partial charge in [-0.3, -0.25) is 9.59 Å². The van der Waals surface area contributed by atoms with Crippen molar-refractivity contribution in [1.82, 2.24) is 9.88 Å². The maximum atomic E-state index is 12.7. The summed E-state index contributed by atoms with van der Waals surface area (Å²) in [5.74, 6) is 0.681. The topological polar surface area (TPSA) is 71.5 Å². The average molecular weight is 498 g/mol. The summed E-state index contributed by atoms with van der Waals surface area (Å²) in [4.78, 5) is 32.5. The van der Waals surface area contributed by atoms with Crippen molar-refractivity contribution in [2.75, 3.05) is 25.0 Å². The Labute approximate surface area is 208 Å². The van der Waals surface area contributed by atoms with Crippen molar-refractivity contribution in [2.24, 2.45) is 5.92 Å². The van der Waals surface area contributed by atoms with E-state index >= 15 is 0 Å². The van der Waals surface area contributed by atoms with Gasteiger partial charge in [-0.2, -0.15) is 0 Å². The van der Waals surface area contributed by atoms with Gasteiger partial charge in [0.05, 0.1) is 13.0 Å². The zero-order chi connectivity index (χ0) is 23.9. The number of rotatable bonds is 8. The van der Waals surface area contributed by atoms with Gasteiger partial charge in [-0.1, -0.05) is 41.9 Å². The summed E-state index contributed by atoms with van der Waals surface area (Å²) in [7, 11) is 0. The fourth-order valence-corrected chi connectivity index (χ4v) is 4.98. The molecule has 2 amide bonds. The van der Waals surface area contributed by atoms with Gasteiger partial charge in [0.1, 0.15) is 5.75 Å². The Kier molecular flexibility index (Phi) is 8.19.